The van der Waals surface area contributed by atoms with Crippen molar-refractivity contribution in [1.82, 2.24) is 0 Å². The third kappa shape index (κ3) is 4.50. The Morgan fingerprint density at radius 2 is 1.44 bits per heavy atom. The number of fused-ring (bicyclic) bond motifs is 3. The van der Waals surface area contributed by atoms with Crippen LogP contribution in [0.3, 0.4) is 0 Å². The van der Waals surface area contributed by atoms with Crippen molar-refractivity contribution in [2.24, 2.45) is 5.73 Å². The molecule has 0 fully saturated rings. The number of nitrogens with two attached hydrogens (primary N) is 1. The summed E-state index contributed by atoms with van der Waals surface area (Å²) in [5, 5.41) is 0. The maximum absolute atomic E-state index is 12.5. The minimum absolute atomic E-state index is 0.0919. The summed E-state index contributed by atoms with van der Waals surface area (Å²) < 4.78 is 15.5. The first-order chi connectivity index (χ1) is 15.6. The zero-order chi connectivity index (χ0) is 22.5. The monoisotopic (exact) mass is 431 g/mol. The van der Waals surface area contributed by atoms with Gasteiger partial charge in [0, 0.05) is 5.92 Å². The summed E-state index contributed by atoms with van der Waals surface area (Å²) >= 11 is 0. The van der Waals surface area contributed by atoms with Gasteiger partial charge in [0.1, 0.15) is 6.61 Å². The smallest absolute Gasteiger partial charge is 0.466 e. The van der Waals surface area contributed by atoms with Gasteiger partial charge in [0.25, 0.3) is 0 Å². The Labute approximate surface area is 186 Å². The van der Waals surface area contributed by atoms with E-state index in [1.54, 1.807) is 0 Å². The molecule has 3 aromatic carbocycles. The van der Waals surface area contributed by atoms with Gasteiger partial charge in [-0.15, -0.1) is 0 Å². The van der Waals surface area contributed by atoms with Crippen LogP contribution < -0.4 is 5.73 Å². The van der Waals surface area contributed by atoms with E-state index < -0.39 is 24.3 Å². The van der Waals surface area contributed by atoms with Gasteiger partial charge in [0.05, 0.1) is 13.2 Å². The van der Waals surface area contributed by atoms with Crippen LogP contribution >= 0.6 is 0 Å². The first-order valence-corrected chi connectivity index (χ1v) is 10.5. The molecule has 0 spiro atoms. The van der Waals surface area contributed by atoms with Gasteiger partial charge in [0.15, 0.2) is 0 Å². The molecule has 0 saturated carbocycles. The number of benzene rings is 3. The Balaban J connectivity index is 1.43. The third-order valence-corrected chi connectivity index (χ3v) is 5.69. The van der Waals surface area contributed by atoms with Crippen LogP contribution in [0.25, 0.3) is 11.1 Å². The predicted octanol–water partition coefficient (Wildman–Crippen LogP) is 4.06. The zero-order valence-corrected chi connectivity index (χ0v) is 17.8. The minimum atomic E-state index is -1.27. The normalized spacial score (nSPS) is 14.1. The molecule has 0 aromatic heterocycles. The molecule has 164 valence electrons. The van der Waals surface area contributed by atoms with Crippen molar-refractivity contribution in [1.29, 1.82) is 0 Å². The number of carbonyl (C=O) groups excluding carboxylic acids is 2. The number of rotatable bonds is 7. The standard InChI is InChI=1S/C26H25NO5/c1-30-25(28)24(23(27)15-17-9-3-2-4-10-17)32-26(29)31-16-22-20-13-7-5-11-18(20)19-12-6-8-14-21(19)22/h2-14,22-24H,15-16,27H2,1H3/t23-,24+/m0/s1. The van der Waals surface area contributed by atoms with E-state index >= 15 is 0 Å². The SMILES string of the molecule is COC(=O)[C@H](OC(=O)OCC1c2ccccc2-c2ccccc21)[C@@H](N)Cc1ccccc1. The summed E-state index contributed by atoms with van der Waals surface area (Å²) in [6, 6.07) is 24.7. The topological polar surface area (TPSA) is 87.8 Å². The van der Waals surface area contributed by atoms with E-state index in [4.69, 9.17) is 19.9 Å². The molecule has 2 atom stereocenters. The molecule has 1 aliphatic carbocycles. The Kier molecular flexibility index (Phi) is 6.52. The van der Waals surface area contributed by atoms with Crippen LogP contribution in [0.5, 0.6) is 0 Å². The fourth-order valence-corrected chi connectivity index (χ4v) is 4.15. The van der Waals surface area contributed by atoms with Crippen LogP contribution in [0.15, 0.2) is 78.9 Å². The molecule has 3 aromatic rings. The van der Waals surface area contributed by atoms with Crippen LogP contribution in [0.2, 0.25) is 0 Å². The van der Waals surface area contributed by atoms with Crippen molar-refractivity contribution in [3.8, 4) is 11.1 Å². The van der Waals surface area contributed by atoms with E-state index in [1.165, 1.54) is 7.11 Å². The quantitative estimate of drug-likeness (QED) is 0.568. The van der Waals surface area contributed by atoms with Gasteiger partial charge in [0.2, 0.25) is 6.10 Å². The lowest BCUT2D eigenvalue weighted by Gasteiger charge is -2.22. The van der Waals surface area contributed by atoms with Crippen molar-refractivity contribution in [2.45, 2.75) is 24.5 Å². The molecule has 0 bridgehead atoms. The van der Waals surface area contributed by atoms with Gasteiger partial charge in [-0.1, -0.05) is 78.9 Å². The van der Waals surface area contributed by atoms with Crippen molar-refractivity contribution in [2.75, 3.05) is 13.7 Å². The van der Waals surface area contributed by atoms with Crippen molar-refractivity contribution in [3.63, 3.8) is 0 Å². The Hall–Kier alpha value is -3.64. The van der Waals surface area contributed by atoms with Crippen molar-refractivity contribution < 1.29 is 23.8 Å². The summed E-state index contributed by atoms with van der Waals surface area (Å²) in [4.78, 5) is 24.7. The first-order valence-electron chi connectivity index (χ1n) is 10.5. The second-order valence-corrected chi connectivity index (χ2v) is 7.70. The molecule has 0 heterocycles. The van der Waals surface area contributed by atoms with Crippen molar-refractivity contribution in [3.05, 3.63) is 95.6 Å². The lowest BCUT2D eigenvalue weighted by molar-refractivity contribution is -0.153. The molecule has 4 rings (SSSR count). The highest BCUT2D eigenvalue weighted by Gasteiger charge is 2.33. The maximum atomic E-state index is 12.5. The van der Waals surface area contributed by atoms with Gasteiger partial charge in [-0.25, -0.2) is 9.59 Å². The van der Waals surface area contributed by atoms with Crippen LogP contribution in [0.4, 0.5) is 4.79 Å². The van der Waals surface area contributed by atoms with Crippen LogP contribution in [-0.4, -0.2) is 38.0 Å². The number of carbonyl (C=O) groups is 2. The van der Waals surface area contributed by atoms with Crippen LogP contribution in [0.1, 0.15) is 22.6 Å². The highest BCUT2D eigenvalue weighted by molar-refractivity contribution is 5.80. The number of esters is 1. The highest BCUT2D eigenvalue weighted by atomic mass is 16.7. The molecular formula is C26H25NO5. The molecule has 0 radical (unpaired) electrons. The largest absolute Gasteiger partial charge is 0.509 e. The Bertz CT molecular complexity index is 1050. The van der Waals surface area contributed by atoms with Crippen molar-refractivity contribution >= 4 is 12.1 Å². The fourth-order valence-electron chi connectivity index (χ4n) is 4.15. The van der Waals surface area contributed by atoms with Crippen LogP contribution in [0, 0.1) is 0 Å². The van der Waals surface area contributed by atoms with E-state index in [9.17, 15) is 9.59 Å². The summed E-state index contributed by atoms with van der Waals surface area (Å²) in [6.07, 6.45) is -1.88. The third-order valence-electron chi connectivity index (χ3n) is 5.69. The average Bonchev–Trinajstić information content (AvgIpc) is 3.15. The summed E-state index contributed by atoms with van der Waals surface area (Å²) in [5.74, 6) is -0.827. The van der Waals surface area contributed by atoms with Crippen LogP contribution in [-0.2, 0) is 25.4 Å². The maximum Gasteiger partial charge on any atom is 0.509 e. The molecule has 0 unspecified atom stereocenters. The lowest BCUT2D eigenvalue weighted by atomic mass is 9.98. The average molecular weight is 431 g/mol. The predicted molar refractivity (Wildman–Crippen MR) is 120 cm³/mol. The highest BCUT2D eigenvalue weighted by Crippen LogP contribution is 2.44. The second kappa shape index (κ2) is 9.66. The molecule has 0 saturated heterocycles. The molecule has 32 heavy (non-hydrogen) atoms. The molecule has 1 aliphatic rings. The Morgan fingerprint density at radius 3 is 2.03 bits per heavy atom. The fraction of sp³-hybridized carbons (Fsp3) is 0.231. The molecular weight excluding hydrogens is 406 g/mol. The molecule has 0 amide bonds. The van der Waals surface area contributed by atoms with E-state index in [0.717, 1.165) is 27.8 Å². The molecule has 6 heteroatoms. The number of methoxy groups -OCH3 is 1. The van der Waals surface area contributed by atoms with Gasteiger partial charge >= 0.3 is 12.1 Å². The summed E-state index contributed by atoms with van der Waals surface area (Å²) in [6.45, 7) is 0.0919. The van der Waals surface area contributed by atoms with E-state index in [2.05, 4.69) is 12.1 Å². The van der Waals surface area contributed by atoms with E-state index in [0.29, 0.717) is 6.42 Å². The van der Waals surface area contributed by atoms with Gasteiger partial charge < -0.3 is 19.9 Å². The lowest BCUT2D eigenvalue weighted by Crippen LogP contribution is -2.45. The number of hydrogen-bond acceptors (Lipinski definition) is 6. The number of ether oxygens (including phenoxy) is 3. The van der Waals surface area contributed by atoms with Gasteiger partial charge in [-0.05, 0) is 34.2 Å². The van der Waals surface area contributed by atoms with Gasteiger partial charge in [-0.2, -0.15) is 0 Å². The summed E-state index contributed by atoms with van der Waals surface area (Å²) in [7, 11) is 1.23. The molecule has 6 nitrogen and oxygen atoms in total. The molecule has 0 aliphatic heterocycles. The van der Waals surface area contributed by atoms with Gasteiger partial charge in [-0.3, -0.25) is 0 Å². The van der Waals surface area contributed by atoms with E-state index in [1.807, 2.05) is 66.7 Å². The summed E-state index contributed by atoms with van der Waals surface area (Å²) in [5.41, 5.74) is 11.5. The van der Waals surface area contributed by atoms with E-state index in [-0.39, 0.29) is 12.5 Å². The first kappa shape index (κ1) is 21.6. The zero-order valence-electron chi connectivity index (χ0n) is 17.8. The minimum Gasteiger partial charge on any atom is -0.466 e. The number of hydrogen-bond donors (Lipinski definition) is 1. The Morgan fingerprint density at radius 1 is 0.875 bits per heavy atom. The second-order valence-electron chi connectivity index (χ2n) is 7.70. The molecule has 2 N–H and O–H groups in total.